The van der Waals surface area contributed by atoms with Gasteiger partial charge in [-0.1, -0.05) is 18.2 Å². The fourth-order valence-electron chi connectivity index (χ4n) is 2.61. The lowest BCUT2D eigenvalue weighted by Crippen LogP contribution is -2.35. The zero-order valence-electron chi connectivity index (χ0n) is 14.1. The first kappa shape index (κ1) is 17.5. The van der Waals surface area contributed by atoms with Crippen molar-refractivity contribution < 1.29 is 9.72 Å². The summed E-state index contributed by atoms with van der Waals surface area (Å²) in [6, 6.07) is 12.6. The largest absolute Gasteiger partial charge is 0.376 e. The Hall–Kier alpha value is -2.89. The van der Waals surface area contributed by atoms with Gasteiger partial charge in [0.25, 0.3) is 5.69 Å². The van der Waals surface area contributed by atoms with E-state index in [1.165, 1.54) is 6.07 Å². The number of amides is 1. The highest BCUT2D eigenvalue weighted by Crippen LogP contribution is 2.26. The number of nitrogens with one attached hydrogen (secondary N) is 1. The van der Waals surface area contributed by atoms with E-state index in [1.807, 2.05) is 44.2 Å². The zero-order valence-corrected chi connectivity index (χ0v) is 14.1. The lowest BCUT2D eigenvalue weighted by atomic mass is 10.1. The lowest BCUT2D eigenvalue weighted by molar-refractivity contribution is -0.385. The fourth-order valence-corrected chi connectivity index (χ4v) is 2.61. The molecular weight excluding hydrogens is 306 g/mol. The van der Waals surface area contributed by atoms with Gasteiger partial charge in [0.2, 0.25) is 5.91 Å². The van der Waals surface area contributed by atoms with E-state index in [4.69, 9.17) is 0 Å². The van der Waals surface area contributed by atoms with E-state index in [9.17, 15) is 14.9 Å². The second-order valence-electron chi connectivity index (χ2n) is 5.54. The van der Waals surface area contributed by atoms with Gasteiger partial charge in [-0.2, -0.15) is 0 Å². The van der Waals surface area contributed by atoms with Crippen LogP contribution in [0.2, 0.25) is 0 Å². The highest BCUT2D eigenvalue weighted by molar-refractivity contribution is 5.96. The number of hydrogen-bond donors (Lipinski definition) is 1. The van der Waals surface area contributed by atoms with Crippen LogP contribution in [-0.2, 0) is 4.79 Å². The van der Waals surface area contributed by atoms with Crippen molar-refractivity contribution in [3.63, 3.8) is 0 Å². The molecule has 2 aromatic rings. The molecular formula is C18H21N3O3. The van der Waals surface area contributed by atoms with Gasteiger partial charge in [0, 0.05) is 29.5 Å². The Bertz CT molecular complexity index is 745. The Kier molecular flexibility index (Phi) is 5.52. The molecule has 24 heavy (non-hydrogen) atoms. The molecule has 1 N–H and O–H groups in total. The number of rotatable bonds is 6. The van der Waals surface area contributed by atoms with Gasteiger partial charge in [-0.3, -0.25) is 14.9 Å². The van der Waals surface area contributed by atoms with E-state index < -0.39 is 4.92 Å². The number of para-hydroxylation sites is 1. The summed E-state index contributed by atoms with van der Waals surface area (Å²) >= 11 is 0. The Labute approximate surface area is 141 Å². The van der Waals surface area contributed by atoms with Crippen molar-refractivity contribution in [1.29, 1.82) is 0 Å². The average molecular weight is 327 g/mol. The van der Waals surface area contributed by atoms with Crippen molar-refractivity contribution >= 4 is 23.0 Å². The summed E-state index contributed by atoms with van der Waals surface area (Å²) in [5, 5.41) is 14.1. The summed E-state index contributed by atoms with van der Waals surface area (Å²) in [5.74, 6) is -0.0914. The molecule has 126 valence electrons. The molecule has 0 spiro atoms. The average Bonchev–Trinajstić information content (AvgIpc) is 2.55. The third-order valence-corrected chi connectivity index (χ3v) is 3.85. The molecule has 2 rings (SSSR count). The van der Waals surface area contributed by atoms with Crippen LogP contribution in [0.1, 0.15) is 18.1 Å². The van der Waals surface area contributed by atoms with Crippen molar-refractivity contribution in [1.82, 2.24) is 0 Å². The number of carbonyl (C=O) groups excluding carboxylic acids is 1. The lowest BCUT2D eigenvalue weighted by Gasteiger charge is -2.21. The zero-order chi connectivity index (χ0) is 17.7. The number of carbonyl (C=O) groups is 1. The predicted molar refractivity (Wildman–Crippen MR) is 95.5 cm³/mol. The van der Waals surface area contributed by atoms with Gasteiger partial charge in [0.05, 0.1) is 11.5 Å². The van der Waals surface area contributed by atoms with Gasteiger partial charge in [-0.15, -0.1) is 0 Å². The maximum absolute atomic E-state index is 12.5. The summed E-state index contributed by atoms with van der Waals surface area (Å²) in [6.07, 6.45) is 0. The number of nitro groups is 1. The Morgan fingerprint density at radius 2 is 1.83 bits per heavy atom. The molecule has 0 unspecified atom stereocenters. The molecule has 0 saturated carbocycles. The number of nitro benzene ring substituents is 1. The van der Waals surface area contributed by atoms with Crippen LogP contribution in [0.25, 0.3) is 0 Å². The summed E-state index contributed by atoms with van der Waals surface area (Å²) in [5.41, 5.74) is 2.96. The Balaban J connectivity index is 2.14. The highest BCUT2D eigenvalue weighted by atomic mass is 16.6. The van der Waals surface area contributed by atoms with Gasteiger partial charge in [0.15, 0.2) is 0 Å². The third-order valence-electron chi connectivity index (χ3n) is 3.85. The molecule has 0 aliphatic heterocycles. The second kappa shape index (κ2) is 7.59. The van der Waals surface area contributed by atoms with Crippen molar-refractivity contribution in [3.05, 3.63) is 63.7 Å². The van der Waals surface area contributed by atoms with Crippen LogP contribution in [0, 0.1) is 24.0 Å². The molecule has 0 atom stereocenters. The Morgan fingerprint density at radius 3 is 2.42 bits per heavy atom. The molecule has 0 aliphatic carbocycles. The standard InChI is InChI=1S/C18H21N3O3/c1-4-20(15-8-6-5-7-9-15)18(22)12-19-16-11-17(21(23)24)14(3)10-13(16)2/h5-11,19H,4,12H2,1-3H3. The molecule has 0 bridgehead atoms. The van der Waals surface area contributed by atoms with Crippen LogP contribution in [0.15, 0.2) is 42.5 Å². The van der Waals surface area contributed by atoms with E-state index >= 15 is 0 Å². The SMILES string of the molecule is CCN(C(=O)CNc1cc([N+](=O)[O-])c(C)cc1C)c1ccccc1. The number of hydrogen-bond acceptors (Lipinski definition) is 4. The van der Waals surface area contributed by atoms with E-state index in [0.29, 0.717) is 17.8 Å². The molecule has 0 aliphatic rings. The van der Waals surface area contributed by atoms with Crippen molar-refractivity contribution in [2.75, 3.05) is 23.3 Å². The van der Waals surface area contributed by atoms with Gasteiger partial charge in [-0.25, -0.2) is 0 Å². The monoisotopic (exact) mass is 327 g/mol. The normalized spacial score (nSPS) is 10.3. The number of likely N-dealkylation sites (N-methyl/N-ethyl adjacent to an activating group) is 1. The molecule has 0 fully saturated rings. The van der Waals surface area contributed by atoms with Crippen LogP contribution in [0.3, 0.4) is 0 Å². The molecule has 0 heterocycles. The van der Waals surface area contributed by atoms with Gasteiger partial charge >= 0.3 is 0 Å². The van der Waals surface area contributed by atoms with Crippen molar-refractivity contribution in [3.8, 4) is 0 Å². The number of aryl methyl sites for hydroxylation is 2. The van der Waals surface area contributed by atoms with Crippen LogP contribution >= 0.6 is 0 Å². The van der Waals surface area contributed by atoms with Gasteiger partial charge < -0.3 is 10.2 Å². The quantitative estimate of drug-likeness (QED) is 0.649. The van der Waals surface area contributed by atoms with E-state index in [-0.39, 0.29) is 18.1 Å². The smallest absolute Gasteiger partial charge is 0.274 e. The molecule has 0 radical (unpaired) electrons. The molecule has 6 nitrogen and oxygen atoms in total. The van der Waals surface area contributed by atoms with E-state index in [1.54, 1.807) is 17.9 Å². The Morgan fingerprint density at radius 1 is 1.17 bits per heavy atom. The molecule has 6 heteroatoms. The summed E-state index contributed by atoms with van der Waals surface area (Å²) in [4.78, 5) is 24.8. The second-order valence-corrected chi connectivity index (χ2v) is 5.54. The summed E-state index contributed by atoms with van der Waals surface area (Å²) in [6.45, 7) is 6.10. The topological polar surface area (TPSA) is 75.5 Å². The minimum absolute atomic E-state index is 0.0472. The molecule has 2 aromatic carbocycles. The summed E-state index contributed by atoms with van der Waals surface area (Å²) in [7, 11) is 0. The van der Waals surface area contributed by atoms with E-state index in [2.05, 4.69) is 5.32 Å². The first-order valence-corrected chi connectivity index (χ1v) is 7.79. The number of nitrogens with zero attached hydrogens (tertiary/aromatic N) is 2. The van der Waals surface area contributed by atoms with Crippen molar-refractivity contribution in [2.45, 2.75) is 20.8 Å². The summed E-state index contributed by atoms with van der Waals surface area (Å²) < 4.78 is 0. The first-order chi connectivity index (χ1) is 11.4. The molecule has 0 aromatic heterocycles. The van der Waals surface area contributed by atoms with Crippen LogP contribution in [0.4, 0.5) is 17.1 Å². The minimum Gasteiger partial charge on any atom is -0.376 e. The fraction of sp³-hybridized carbons (Fsp3) is 0.278. The van der Waals surface area contributed by atoms with Crippen LogP contribution < -0.4 is 10.2 Å². The minimum atomic E-state index is -0.413. The van der Waals surface area contributed by atoms with Crippen molar-refractivity contribution in [2.24, 2.45) is 0 Å². The molecule has 1 amide bonds. The number of benzene rings is 2. The van der Waals surface area contributed by atoms with Crippen LogP contribution in [-0.4, -0.2) is 23.9 Å². The van der Waals surface area contributed by atoms with Gasteiger partial charge in [0.1, 0.15) is 0 Å². The maximum atomic E-state index is 12.5. The third kappa shape index (κ3) is 3.90. The highest BCUT2D eigenvalue weighted by Gasteiger charge is 2.16. The molecule has 0 saturated heterocycles. The maximum Gasteiger partial charge on any atom is 0.274 e. The van der Waals surface area contributed by atoms with Gasteiger partial charge in [-0.05, 0) is 44.5 Å². The van der Waals surface area contributed by atoms with Crippen LogP contribution in [0.5, 0.6) is 0 Å². The number of anilines is 2. The first-order valence-electron chi connectivity index (χ1n) is 7.79. The predicted octanol–water partition coefficient (Wildman–Crippen LogP) is 3.68. The van der Waals surface area contributed by atoms with E-state index in [0.717, 1.165) is 11.3 Å².